The summed E-state index contributed by atoms with van der Waals surface area (Å²) in [6.45, 7) is 0.139. The van der Waals surface area contributed by atoms with Gasteiger partial charge in [0.05, 0.1) is 25.6 Å². The number of hydrazone groups is 1. The third-order valence-electron chi connectivity index (χ3n) is 4.87. The summed E-state index contributed by atoms with van der Waals surface area (Å²) in [5.41, 5.74) is 3.79. The zero-order valence-corrected chi connectivity index (χ0v) is 20.4. The van der Waals surface area contributed by atoms with Crippen LogP contribution in [-0.4, -0.2) is 22.0 Å². The topological polar surface area (TPSA) is 150 Å². The highest BCUT2D eigenvalue weighted by Gasteiger charge is 2.15. The second kappa shape index (κ2) is 10.5. The van der Waals surface area contributed by atoms with Gasteiger partial charge in [-0.1, -0.05) is 11.6 Å². The quantitative estimate of drug-likeness (QED) is 0.154. The van der Waals surface area contributed by atoms with Crippen molar-refractivity contribution in [3.8, 4) is 5.75 Å². The first kappa shape index (κ1) is 24.8. The Hall–Kier alpha value is -4.29. The molecule has 4 rings (SSSR count). The van der Waals surface area contributed by atoms with Gasteiger partial charge in [0.15, 0.2) is 11.5 Å². The Morgan fingerprint density at radius 1 is 1.06 bits per heavy atom. The van der Waals surface area contributed by atoms with Gasteiger partial charge >= 0.3 is 5.91 Å². The molecule has 11 nitrogen and oxygen atoms in total. The molecule has 4 aromatic rings. The standard InChI is InChI=1S/C23H14BrClN4O7/c24-18-7-14(8-19(25)22(18)35-12-13-1-3-16(4-2-13)28(31)32)11-26-27-23(30)21-10-15-9-17(29(33)34)5-6-20(15)36-21/h1-11H,12H2,(H,27,30)/b26-11+. The fraction of sp³-hybridized carbons (Fsp3) is 0.0435. The zero-order chi connectivity index (χ0) is 25.8. The van der Waals surface area contributed by atoms with Gasteiger partial charge in [-0.15, -0.1) is 0 Å². The number of benzene rings is 3. The number of fused-ring (bicyclic) bond motifs is 1. The van der Waals surface area contributed by atoms with E-state index in [0.717, 1.165) is 5.56 Å². The normalized spacial score (nSPS) is 11.1. The third kappa shape index (κ3) is 5.67. The second-order valence-corrected chi connectivity index (χ2v) is 8.58. The first-order valence-electron chi connectivity index (χ1n) is 10.1. The van der Waals surface area contributed by atoms with Gasteiger partial charge < -0.3 is 9.15 Å². The first-order chi connectivity index (χ1) is 17.2. The van der Waals surface area contributed by atoms with Crippen LogP contribution in [0.5, 0.6) is 5.75 Å². The maximum absolute atomic E-state index is 12.3. The van der Waals surface area contributed by atoms with Crippen LogP contribution >= 0.6 is 27.5 Å². The fourth-order valence-electron chi connectivity index (χ4n) is 3.14. The van der Waals surface area contributed by atoms with Crippen molar-refractivity contribution in [3.05, 3.63) is 107 Å². The highest BCUT2D eigenvalue weighted by molar-refractivity contribution is 9.10. The van der Waals surface area contributed by atoms with Gasteiger partial charge in [-0.05, 0) is 63.5 Å². The Labute approximate surface area is 215 Å². The Morgan fingerprint density at radius 3 is 2.42 bits per heavy atom. The summed E-state index contributed by atoms with van der Waals surface area (Å²) < 4.78 is 11.7. The number of nitro benzene ring substituents is 2. The van der Waals surface area contributed by atoms with Gasteiger partial charge in [-0.2, -0.15) is 5.10 Å². The average Bonchev–Trinajstić information content (AvgIpc) is 3.27. The summed E-state index contributed by atoms with van der Waals surface area (Å²) in [6.07, 6.45) is 1.36. The van der Waals surface area contributed by atoms with Crippen LogP contribution in [0.15, 0.2) is 74.7 Å². The van der Waals surface area contributed by atoms with Crippen LogP contribution in [0, 0.1) is 20.2 Å². The van der Waals surface area contributed by atoms with Crippen molar-refractivity contribution in [2.24, 2.45) is 5.10 Å². The van der Waals surface area contributed by atoms with Crippen LogP contribution in [0.3, 0.4) is 0 Å². The van der Waals surface area contributed by atoms with Gasteiger partial charge in [-0.25, -0.2) is 5.43 Å². The number of hydrogen-bond donors (Lipinski definition) is 1. The van der Waals surface area contributed by atoms with Crippen LogP contribution in [0.2, 0.25) is 5.02 Å². The number of nitrogens with zero attached hydrogens (tertiary/aromatic N) is 3. The molecule has 0 unspecified atom stereocenters. The number of nitro groups is 2. The number of carbonyl (C=O) groups is 1. The van der Waals surface area contributed by atoms with Gasteiger partial charge in [0.2, 0.25) is 0 Å². The van der Waals surface area contributed by atoms with Gasteiger partial charge in [0, 0.05) is 29.7 Å². The van der Waals surface area contributed by atoms with Crippen molar-refractivity contribution >= 4 is 62.0 Å². The molecule has 1 aromatic heterocycles. The van der Waals surface area contributed by atoms with Crippen molar-refractivity contribution < 1.29 is 23.8 Å². The molecule has 36 heavy (non-hydrogen) atoms. The van der Waals surface area contributed by atoms with Crippen molar-refractivity contribution in [1.29, 1.82) is 0 Å². The lowest BCUT2D eigenvalue weighted by Gasteiger charge is -2.11. The summed E-state index contributed by atoms with van der Waals surface area (Å²) in [5, 5.41) is 26.2. The van der Waals surface area contributed by atoms with Crippen molar-refractivity contribution in [2.45, 2.75) is 6.61 Å². The molecule has 182 valence electrons. The molecule has 0 aliphatic heterocycles. The molecule has 0 atom stereocenters. The molecule has 0 saturated carbocycles. The molecular formula is C23H14BrClN4O7. The predicted octanol–water partition coefficient (Wildman–Crippen LogP) is 6.01. The van der Waals surface area contributed by atoms with Crippen molar-refractivity contribution in [2.75, 3.05) is 0 Å². The molecule has 1 N–H and O–H groups in total. The molecule has 0 radical (unpaired) electrons. The number of non-ortho nitro benzene ring substituents is 2. The molecule has 0 saturated heterocycles. The van der Waals surface area contributed by atoms with E-state index in [-0.39, 0.29) is 28.8 Å². The number of nitrogens with one attached hydrogen (secondary N) is 1. The molecule has 0 aliphatic carbocycles. The summed E-state index contributed by atoms with van der Waals surface area (Å²) in [4.78, 5) is 33.0. The Balaban J connectivity index is 1.39. The summed E-state index contributed by atoms with van der Waals surface area (Å²) in [5.74, 6) is -0.331. The number of amides is 1. The SMILES string of the molecule is O=C(N/N=C/c1cc(Cl)c(OCc2ccc([N+](=O)[O-])cc2)c(Br)c1)c1cc2cc([N+](=O)[O-])ccc2o1. The largest absolute Gasteiger partial charge is 0.486 e. The smallest absolute Gasteiger partial charge is 0.307 e. The van der Waals surface area contributed by atoms with Gasteiger partial charge in [0.25, 0.3) is 11.4 Å². The zero-order valence-electron chi connectivity index (χ0n) is 18.0. The van der Waals surface area contributed by atoms with Crippen LogP contribution in [0.25, 0.3) is 11.0 Å². The van der Waals surface area contributed by atoms with Crippen LogP contribution in [-0.2, 0) is 6.61 Å². The van der Waals surface area contributed by atoms with Crippen molar-refractivity contribution in [3.63, 3.8) is 0 Å². The molecule has 0 aliphatic rings. The highest BCUT2D eigenvalue weighted by atomic mass is 79.9. The van der Waals surface area contributed by atoms with E-state index in [1.807, 2.05) is 0 Å². The monoisotopic (exact) mass is 572 g/mol. The van der Waals surface area contributed by atoms with Crippen LogP contribution < -0.4 is 10.2 Å². The van der Waals surface area contributed by atoms with Gasteiger partial charge in [0.1, 0.15) is 12.2 Å². The Bertz CT molecular complexity index is 1500. The summed E-state index contributed by atoms with van der Waals surface area (Å²) in [6, 6.07) is 14.6. The first-order valence-corrected chi connectivity index (χ1v) is 11.2. The summed E-state index contributed by atoms with van der Waals surface area (Å²) >= 11 is 9.71. The van der Waals surface area contributed by atoms with Gasteiger partial charge in [-0.3, -0.25) is 25.0 Å². The average molecular weight is 574 g/mol. The number of hydrogen-bond acceptors (Lipinski definition) is 8. The van der Waals surface area contributed by atoms with Crippen LogP contribution in [0.1, 0.15) is 21.7 Å². The summed E-state index contributed by atoms with van der Waals surface area (Å²) in [7, 11) is 0. The molecular weight excluding hydrogens is 560 g/mol. The molecule has 0 bridgehead atoms. The number of halogens is 2. The lowest BCUT2D eigenvalue weighted by molar-refractivity contribution is -0.385. The molecule has 0 fully saturated rings. The Morgan fingerprint density at radius 2 is 1.75 bits per heavy atom. The van der Waals surface area contributed by atoms with E-state index in [0.29, 0.717) is 26.8 Å². The minimum atomic E-state index is -0.640. The van der Waals surface area contributed by atoms with E-state index in [1.165, 1.54) is 42.6 Å². The minimum Gasteiger partial charge on any atom is -0.486 e. The van der Waals surface area contributed by atoms with E-state index < -0.39 is 15.8 Å². The lowest BCUT2D eigenvalue weighted by Crippen LogP contribution is -2.16. The minimum absolute atomic E-state index is 0.0157. The fourth-order valence-corrected chi connectivity index (χ4v) is 4.13. The Kier molecular flexibility index (Phi) is 7.27. The predicted molar refractivity (Wildman–Crippen MR) is 135 cm³/mol. The number of ether oxygens (including phenoxy) is 1. The second-order valence-electron chi connectivity index (χ2n) is 7.31. The van der Waals surface area contributed by atoms with Crippen molar-refractivity contribution in [1.82, 2.24) is 5.43 Å². The van der Waals surface area contributed by atoms with E-state index in [4.69, 9.17) is 20.8 Å². The highest BCUT2D eigenvalue weighted by Crippen LogP contribution is 2.35. The molecule has 13 heteroatoms. The lowest BCUT2D eigenvalue weighted by atomic mass is 10.2. The van der Waals surface area contributed by atoms with E-state index in [2.05, 4.69) is 26.5 Å². The maximum Gasteiger partial charge on any atom is 0.307 e. The van der Waals surface area contributed by atoms with E-state index in [1.54, 1.807) is 24.3 Å². The number of furan rings is 1. The number of carbonyl (C=O) groups excluding carboxylic acids is 1. The molecule has 3 aromatic carbocycles. The third-order valence-corrected chi connectivity index (χ3v) is 5.73. The van der Waals surface area contributed by atoms with Crippen LogP contribution in [0.4, 0.5) is 11.4 Å². The molecule has 1 amide bonds. The van der Waals surface area contributed by atoms with E-state index >= 15 is 0 Å². The van der Waals surface area contributed by atoms with E-state index in [9.17, 15) is 25.0 Å². The molecule has 0 spiro atoms. The maximum atomic E-state index is 12.3. The number of rotatable bonds is 8. The molecule has 1 heterocycles.